The van der Waals surface area contributed by atoms with Gasteiger partial charge in [0.05, 0.1) is 4.92 Å². The van der Waals surface area contributed by atoms with Crippen molar-refractivity contribution in [3.05, 3.63) is 33.9 Å². The van der Waals surface area contributed by atoms with E-state index >= 15 is 0 Å². The summed E-state index contributed by atoms with van der Waals surface area (Å²) in [5.41, 5.74) is 0.737. The molecule has 0 aliphatic heterocycles. The Hall–Kier alpha value is -1.29. The van der Waals surface area contributed by atoms with Crippen molar-refractivity contribution in [3.63, 3.8) is 0 Å². The molecular weight excluding hydrogens is 230 g/mol. The number of rotatable bonds is 3. The molecule has 0 N–H and O–H groups in total. The summed E-state index contributed by atoms with van der Waals surface area (Å²) in [4.78, 5) is 10.2. The molecule has 1 aliphatic carbocycles. The summed E-state index contributed by atoms with van der Waals surface area (Å²) in [5, 5.41) is 10.8. The molecule has 0 amide bonds. The summed E-state index contributed by atoms with van der Waals surface area (Å²) < 4.78 is 5.63. The fourth-order valence-corrected chi connectivity index (χ4v) is 2.09. The third kappa shape index (κ3) is 2.27. The van der Waals surface area contributed by atoms with Crippen LogP contribution in [-0.4, -0.2) is 16.4 Å². The summed E-state index contributed by atoms with van der Waals surface area (Å²) >= 11 is 5.84. The zero-order valence-corrected chi connectivity index (χ0v) is 9.61. The van der Waals surface area contributed by atoms with E-state index in [0.717, 1.165) is 12.8 Å². The lowest BCUT2D eigenvalue weighted by Crippen LogP contribution is -2.34. The van der Waals surface area contributed by atoms with Gasteiger partial charge in [0.1, 0.15) is 11.9 Å². The molecule has 1 saturated carbocycles. The van der Waals surface area contributed by atoms with Crippen molar-refractivity contribution < 1.29 is 9.66 Å². The number of halogens is 1. The Morgan fingerprint density at radius 3 is 2.69 bits per heavy atom. The largest absolute Gasteiger partial charge is 0.490 e. The van der Waals surface area contributed by atoms with Crippen LogP contribution in [-0.2, 0) is 0 Å². The summed E-state index contributed by atoms with van der Waals surface area (Å²) in [6.07, 6.45) is 1.85. The Morgan fingerprint density at radius 1 is 1.50 bits per heavy atom. The quantitative estimate of drug-likeness (QED) is 0.464. The first kappa shape index (κ1) is 11.2. The van der Waals surface area contributed by atoms with E-state index in [2.05, 4.69) is 0 Å². The van der Waals surface area contributed by atoms with Gasteiger partial charge in [0.2, 0.25) is 0 Å². The molecule has 1 aromatic rings. The van der Waals surface area contributed by atoms with Gasteiger partial charge in [-0.2, -0.15) is 0 Å². The molecule has 0 radical (unpaired) electrons. The van der Waals surface area contributed by atoms with Gasteiger partial charge in [-0.1, -0.05) is 0 Å². The molecule has 1 fully saturated rings. The highest BCUT2D eigenvalue weighted by molar-refractivity contribution is 6.21. The Morgan fingerprint density at radius 2 is 2.19 bits per heavy atom. The van der Waals surface area contributed by atoms with Crippen molar-refractivity contribution in [2.24, 2.45) is 0 Å². The van der Waals surface area contributed by atoms with Crippen LogP contribution in [0.3, 0.4) is 0 Å². The van der Waals surface area contributed by atoms with E-state index in [1.807, 2.05) is 0 Å². The minimum absolute atomic E-state index is 0.121. The average Bonchev–Trinajstić information content (AvgIpc) is 2.15. The predicted octanol–water partition coefficient (Wildman–Crippen LogP) is 3.05. The Bertz CT molecular complexity index is 416. The second-order valence-corrected chi connectivity index (χ2v) is 4.63. The molecule has 4 nitrogen and oxygen atoms in total. The van der Waals surface area contributed by atoms with Crippen LogP contribution < -0.4 is 4.74 Å². The first-order valence-corrected chi connectivity index (χ1v) is 5.55. The number of benzene rings is 1. The maximum atomic E-state index is 10.6. The molecule has 0 saturated heterocycles. The van der Waals surface area contributed by atoms with E-state index in [9.17, 15) is 10.1 Å². The monoisotopic (exact) mass is 241 g/mol. The highest BCUT2D eigenvalue weighted by Crippen LogP contribution is 2.31. The third-order valence-electron chi connectivity index (χ3n) is 2.70. The topological polar surface area (TPSA) is 52.4 Å². The van der Waals surface area contributed by atoms with Crippen molar-refractivity contribution in [1.82, 2.24) is 0 Å². The second-order valence-electron chi connectivity index (χ2n) is 4.01. The van der Waals surface area contributed by atoms with Crippen LogP contribution in [0.25, 0.3) is 0 Å². The van der Waals surface area contributed by atoms with Crippen molar-refractivity contribution in [2.45, 2.75) is 31.2 Å². The van der Waals surface area contributed by atoms with Gasteiger partial charge in [0.25, 0.3) is 5.69 Å². The average molecular weight is 242 g/mol. The number of nitro groups is 1. The van der Waals surface area contributed by atoms with Gasteiger partial charge < -0.3 is 4.74 Å². The van der Waals surface area contributed by atoms with E-state index in [0.29, 0.717) is 11.3 Å². The van der Waals surface area contributed by atoms with Crippen LogP contribution in [0.1, 0.15) is 18.4 Å². The van der Waals surface area contributed by atoms with E-state index in [4.69, 9.17) is 16.3 Å². The molecule has 1 aromatic carbocycles. The van der Waals surface area contributed by atoms with Crippen LogP contribution in [0.15, 0.2) is 18.2 Å². The minimum atomic E-state index is -0.392. The molecule has 2 rings (SSSR count). The SMILES string of the molecule is Cc1cc(OC2CC(Cl)C2)ccc1[N+](=O)[O-]. The molecule has 86 valence electrons. The molecule has 0 spiro atoms. The molecule has 0 bridgehead atoms. The normalized spacial score (nSPS) is 23.6. The van der Waals surface area contributed by atoms with E-state index in [1.165, 1.54) is 6.07 Å². The third-order valence-corrected chi connectivity index (χ3v) is 3.06. The van der Waals surface area contributed by atoms with E-state index in [-0.39, 0.29) is 17.2 Å². The van der Waals surface area contributed by atoms with Gasteiger partial charge in [-0.25, -0.2) is 0 Å². The highest BCUT2D eigenvalue weighted by atomic mass is 35.5. The summed E-state index contributed by atoms with van der Waals surface area (Å²) in [7, 11) is 0. The number of alkyl halides is 1. The zero-order chi connectivity index (χ0) is 11.7. The molecule has 5 heteroatoms. The first-order chi connectivity index (χ1) is 7.56. The first-order valence-electron chi connectivity index (χ1n) is 5.12. The Kier molecular flexibility index (Phi) is 3.01. The molecule has 0 heterocycles. The van der Waals surface area contributed by atoms with Crippen LogP contribution >= 0.6 is 11.6 Å². The number of aryl methyl sites for hydroxylation is 1. The standard InChI is InChI=1S/C11H12ClNO3/c1-7-4-9(2-3-11(7)13(14)15)16-10-5-8(12)6-10/h2-4,8,10H,5-6H2,1H3. The van der Waals surface area contributed by atoms with Crippen LogP contribution in [0.4, 0.5) is 5.69 Å². The number of hydrogen-bond donors (Lipinski definition) is 0. The van der Waals surface area contributed by atoms with Gasteiger partial charge in [-0.15, -0.1) is 11.6 Å². The summed E-state index contributed by atoms with van der Waals surface area (Å²) in [6, 6.07) is 4.80. The zero-order valence-electron chi connectivity index (χ0n) is 8.85. The summed E-state index contributed by atoms with van der Waals surface area (Å²) in [6.45, 7) is 1.70. The number of hydrogen-bond acceptors (Lipinski definition) is 3. The van der Waals surface area contributed by atoms with Gasteiger partial charge in [0, 0.05) is 29.8 Å². The van der Waals surface area contributed by atoms with Crippen LogP contribution in [0.2, 0.25) is 0 Å². The van der Waals surface area contributed by atoms with Crippen molar-refractivity contribution in [1.29, 1.82) is 0 Å². The predicted molar refractivity (Wildman–Crippen MR) is 61.1 cm³/mol. The van der Waals surface area contributed by atoms with Crippen LogP contribution in [0.5, 0.6) is 5.75 Å². The van der Waals surface area contributed by atoms with Crippen molar-refractivity contribution >= 4 is 17.3 Å². The molecular formula is C11H12ClNO3. The van der Waals surface area contributed by atoms with E-state index in [1.54, 1.807) is 19.1 Å². The Balaban J connectivity index is 2.06. The Labute approximate surface area is 98.3 Å². The van der Waals surface area contributed by atoms with E-state index < -0.39 is 4.92 Å². The minimum Gasteiger partial charge on any atom is -0.490 e. The van der Waals surface area contributed by atoms with Gasteiger partial charge in [-0.05, 0) is 19.1 Å². The van der Waals surface area contributed by atoms with Gasteiger partial charge >= 0.3 is 0 Å². The summed E-state index contributed by atoms with van der Waals surface area (Å²) in [5.74, 6) is 0.677. The lowest BCUT2D eigenvalue weighted by atomic mass is 9.95. The molecule has 0 aromatic heterocycles. The van der Waals surface area contributed by atoms with Gasteiger partial charge in [-0.3, -0.25) is 10.1 Å². The van der Waals surface area contributed by atoms with Crippen molar-refractivity contribution in [3.8, 4) is 5.75 Å². The maximum absolute atomic E-state index is 10.6. The highest BCUT2D eigenvalue weighted by Gasteiger charge is 2.29. The number of nitro benzene ring substituents is 1. The lowest BCUT2D eigenvalue weighted by Gasteiger charge is -2.31. The second kappa shape index (κ2) is 4.29. The lowest BCUT2D eigenvalue weighted by molar-refractivity contribution is -0.385. The molecule has 16 heavy (non-hydrogen) atoms. The fraction of sp³-hybridized carbons (Fsp3) is 0.455. The maximum Gasteiger partial charge on any atom is 0.272 e. The fourth-order valence-electron chi connectivity index (χ4n) is 1.70. The number of nitrogens with zero attached hydrogens (tertiary/aromatic N) is 1. The molecule has 1 aliphatic rings. The smallest absolute Gasteiger partial charge is 0.272 e. The number of ether oxygens (including phenoxy) is 1. The van der Waals surface area contributed by atoms with Gasteiger partial charge in [0.15, 0.2) is 0 Å². The van der Waals surface area contributed by atoms with Crippen molar-refractivity contribution in [2.75, 3.05) is 0 Å². The molecule has 0 unspecified atom stereocenters. The van der Waals surface area contributed by atoms with Crippen LogP contribution in [0, 0.1) is 17.0 Å². The molecule has 0 atom stereocenters.